The summed E-state index contributed by atoms with van der Waals surface area (Å²) in [5.74, 6) is -0.443. The van der Waals surface area contributed by atoms with E-state index in [1.165, 1.54) is 17.0 Å². The zero-order valence-electron chi connectivity index (χ0n) is 12.9. The molecule has 8 heteroatoms. The number of rotatable bonds is 5. The van der Waals surface area contributed by atoms with Gasteiger partial charge in [-0.2, -0.15) is 0 Å². The molecular weight excluding hydrogens is 415 g/mol. The van der Waals surface area contributed by atoms with E-state index in [4.69, 9.17) is 0 Å². The molecule has 0 radical (unpaired) electrons. The van der Waals surface area contributed by atoms with Gasteiger partial charge in [0.15, 0.2) is 0 Å². The Bertz CT molecular complexity index is 785. The zero-order valence-corrected chi connectivity index (χ0v) is 16.1. The van der Waals surface area contributed by atoms with Gasteiger partial charge >= 0.3 is 0 Å². The Balaban J connectivity index is 1.55. The Morgan fingerprint density at radius 2 is 1.88 bits per heavy atom. The maximum Gasteiger partial charge on any atom is 0.240 e. The highest BCUT2D eigenvalue weighted by Gasteiger charge is 2.25. The van der Waals surface area contributed by atoms with E-state index < -0.39 is 15.8 Å². The highest BCUT2D eigenvalue weighted by Crippen LogP contribution is 2.25. The molecule has 130 valence electrons. The second-order valence-corrected chi connectivity index (χ2v) is 9.39. The van der Waals surface area contributed by atoms with Crippen LogP contribution < -0.4 is 4.72 Å². The first-order valence-corrected chi connectivity index (χ1v) is 10.8. The third-order valence-electron chi connectivity index (χ3n) is 4.09. The molecule has 0 bridgehead atoms. The smallest absolute Gasteiger partial charge is 0.240 e. The largest absolute Gasteiger partial charge is 0.298 e. The summed E-state index contributed by atoms with van der Waals surface area (Å²) in [5, 5.41) is 2.06. The van der Waals surface area contributed by atoms with Crippen LogP contribution in [0.4, 0.5) is 4.39 Å². The molecule has 0 aliphatic carbocycles. The minimum Gasteiger partial charge on any atom is -0.298 e. The lowest BCUT2D eigenvalue weighted by molar-refractivity contribution is 0.201. The predicted octanol–water partition coefficient (Wildman–Crippen LogP) is 3.59. The summed E-state index contributed by atoms with van der Waals surface area (Å²) in [6, 6.07) is 6.88. The van der Waals surface area contributed by atoms with Crippen molar-refractivity contribution in [1.82, 2.24) is 9.62 Å². The van der Waals surface area contributed by atoms with Gasteiger partial charge in [0.05, 0.1) is 4.90 Å². The Labute approximate surface area is 153 Å². The molecule has 1 aromatic heterocycles. The molecule has 1 aromatic carbocycles. The molecule has 3 rings (SSSR count). The topological polar surface area (TPSA) is 49.4 Å². The van der Waals surface area contributed by atoms with E-state index >= 15 is 0 Å². The zero-order chi connectivity index (χ0) is 17.2. The second kappa shape index (κ2) is 7.61. The quantitative estimate of drug-likeness (QED) is 0.784. The van der Waals surface area contributed by atoms with Crippen LogP contribution in [0.3, 0.4) is 0 Å². The minimum atomic E-state index is -3.59. The first-order valence-electron chi connectivity index (χ1n) is 7.66. The van der Waals surface area contributed by atoms with E-state index in [-0.39, 0.29) is 10.9 Å². The van der Waals surface area contributed by atoms with Crippen LogP contribution in [-0.4, -0.2) is 32.4 Å². The monoisotopic (exact) mass is 432 g/mol. The molecule has 0 spiro atoms. The number of benzene rings is 1. The number of hydrogen-bond donors (Lipinski definition) is 1. The number of halogens is 2. The first-order chi connectivity index (χ1) is 11.4. The van der Waals surface area contributed by atoms with Gasteiger partial charge in [-0.25, -0.2) is 17.5 Å². The van der Waals surface area contributed by atoms with E-state index in [0.29, 0.717) is 0 Å². The lowest BCUT2D eigenvalue weighted by Gasteiger charge is -2.32. The lowest BCUT2D eigenvalue weighted by atomic mass is 10.1. The summed E-state index contributed by atoms with van der Waals surface area (Å²) in [4.78, 5) is 3.73. The van der Waals surface area contributed by atoms with E-state index in [0.717, 1.165) is 49.1 Å². The van der Waals surface area contributed by atoms with Crippen molar-refractivity contribution in [3.05, 3.63) is 50.9 Å². The van der Waals surface area contributed by atoms with Crippen LogP contribution in [0.2, 0.25) is 0 Å². The van der Waals surface area contributed by atoms with Crippen molar-refractivity contribution in [3.63, 3.8) is 0 Å². The Hall–Kier alpha value is -0.800. The number of hydrogen-bond acceptors (Lipinski definition) is 4. The molecule has 1 saturated heterocycles. The Morgan fingerprint density at radius 3 is 2.46 bits per heavy atom. The molecular formula is C16H18BrFN2O2S2. The van der Waals surface area contributed by atoms with Crippen LogP contribution in [0.25, 0.3) is 0 Å². The van der Waals surface area contributed by atoms with Crippen molar-refractivity contribution in [2.45, 2.75) is 30.3 Å². The van der Waals surface area contributed by atoms with Gasteiger partial charge in [0, 0.05) is 35.0 Å². The number of piperidine rings is 1. The number of nitrogens with one attached hydrogen (secondary N) is 1. The summed E-state index contributed by atoms with van der Waals surface area (Å²) >= 11 is 5.26. The van der Waals surface area contributed by atoms with E-state index in [2.05, 4.69) is 30.9 Å². The van der Waals surface area contributed by atoms with Crippen LogP contribution in [0, 0.1) is 5.82 Å². The molecule has 0 saturated carbocycles. The van der Waals surface area contributed by atoms with Crippen LogP contribution in [0.15, 0.2) is 45.1 Å². The van der Waals surface area contributed by atoms with Crippen molar-refractivity contribution >= 4 is 37.3 Å². The average molecular weight is 433 g/mol. The fourth-order valence-corrected chi connectivity index (χ4v) is 5.58. The van der Waals surface area contributed by atoms with Crippen molar-refractivity contribution in [1.29, 1.82) is 0 Å². The molecule has 2 heterocycles. The average Bonchev–Trinajstić information content (AvgIpc) is 2.94. The Morgan fingerprint density at radius 1 is 1.21 bits per heavy atom. The summed E-state index contributed by atoms with van der Waals surface area (Å²) in [6.07, 6.45) is 1.53. The summed E-state index contributed by atoms with van der Waals surface area (Å²) in [6.45, 7) is 2.58. The first kappa shape index (κ1) is 18.0. The van der Waals surface area contributed by atoms with Crippen LogP contribution in [0.5, 0.6) is 0 Å². The number of nitrogens with zero attached hydrogens (tertiary/aromatic N) is 1. The summed E-state index contributed by atoms with van der Waals surface area (Å²) in [5.41, 5.74) is 0. The van der Waals surface area contributed by atoms with Gasteiger partial charge in [0.2, 0.25) is 10.0 Å². The van der Waals surface area contributed by atoms with Crippen LogP contribution >= 0.6 is 27.3 Å². The van der Waals surface area contributed by atoms with Crippen molar-refractivity contribution in [2.24, 2.45) is 0 Å². The second-order valence-electron chi connectivity index (χ2n) is 5.82. The van der Waals surface area contributed by atoms with Gasteiger partial charge in [-0.1, -0.05) is 0 Å². The third kappa shape index (κ3) is 4.43. The third-order valence-corrected chi connectivity index (χ3v) is 7.54. The number of sulfonamides is 1. The van der Waals surface area contributed by atoms with E-state index in [9.17, 15) is 12.8 Å². The SMILES string of the molecule is O=S(=O)(NC1CCN(Cc2sccc2Br)CC1)c1ccc(F)cc1. The molecule has 1 aliphatic heterocycles. The molecule has 0 amide bonds. The number of thiophene rings is 1. The molecule has 1 aliphatic rings. The summed E-state index contributed by atoms with van der Waals surface area (Å²) in [7, 11) is -3.59. The van der Waals surface area contributed by atoms with Crippen molar-refractivity contribution < 1.29 is 12.8 Å². The van der Waals surface area contributed by atoms with Gasteiger partial charge in [0.25, 0.3) is 0 Å². The fourth-order valence-electron chi connectivity index (χ4n) is 2.75. The van der Waals surface area contributed by atoms with Gasteiger partial charge in [-0.15, -0.1) is 11.3 Å². The van der Waals surface area contributed by atoms with Gasteiger partial charge in [-0.3, -0.25) is 4.90 Å². The molecule has 24 heavy (non-hydrogen) atoms. The molecule has 1 N–H and O–H groups in total. The van der Waals surface area contributed by atoms with E-state index in [1.807, 2.05) is 6.07 Å². The highest BCUT2D eigenvalue weighted by molar-refractivity contribution is 9.10. The maximum absolute atomic E-state index is 12.9. The van der Waals surface area contributed by atoms with Crippen LogP contribution in [0.1, 0.15) is 17.7 Å². The standard InChI is InChI=1S/C16H18BrFN2O2S2/c17-15-7-10-23-16(15)11-20-8-5-13(6-9-20)19-24(21,22)14-3-1-12(18)2-4-14/h1-4,7,10,13,19H,5-6,8-9,11H2. The minimum absolute atomic E-state index is 0.0805. The predicted molar refractivity (Wildman–Crippen MR) is 97.0 cm³/mol. The lowest BCUT2D eigenvalue weighted by Crippen LogP contribution is -2.44. The van der Waals surface area contributed by atoms with Gasteiger partial charge < -0.3 is 0 Å². The Kier molecular flexibility index (Phi) is 5.71. The molecule has 1 fully saturated rings. The van der Waals surface area contributed by atoms with Crippen molar-refractivity contribution in [2.75, 3.05) is 13.1 Å². The molecule has 2 aromatic rings. The van der Waals surface area contributed by atoms with Crippen LogP contribution in [-0.2, 0) is 16.6 Å². The van der Waals surface area contributed by atoms with Gasteiger partial charge in [-0.05, 0) is 64.5 Å². The molecule has 0 unspecified atom stereocenters. The maximum atomic E-state index is 12.9. The van der Waals surface area contributed by atoms with Crippen molar-refractivity contribution in [3.8, 4) is 0 Å². The normalized spacial score (nSPS) is 17.2. The fraction of sp³-hybridized carbons (Fsp3) is 0.375. The summed E-state index contributed by atoms with van der Waals surface area (Å²) < 4.78 is 41.5. The number of likely N-dealkylation sites (tertiary alicyclic amines) is 1. The highest BCUT2D eigenvalue weighted by atomic mass is 79.9. The van der Waals surface area contributed by atoms with Gasteiger partial charge in [0.1, 0.15) is 5.82 Å². The molecule has 0 atom stereocenters. The van der Waals surface area contributed by atoms with E-state index in [1.54, 1.807) is 11.3 Å². The molecule has 4 nitrogen and oxygen atoms in total.